The number of ether oxygens (including phenoxy) is 1. The van der Waals surface area contributed by atoms with Crippen LogP contribution in [-0.4, -0.2) is 11.9 Å². The number of hydrogen-bond donors (Lipinski definition) is 2. The molecule has 5 heteroatoms. The summed E-state index contributed by atoms with van der Waals surface area (Å²) in [6, 6.07) is 17.5. The number of rotatable bonds is 7. The minimum atomic E-state index is -0.0988. The molecule has 0 fully saturated rings. The van der Waals surface area contributed by atoms with Gasteiger partial charge in [-0.15, -0.1) is 12.4 Å². The van der Waals surface area contributed by atoms with Crippen LogP contribution in [0.2, 0.25) is 0 Å². The van der Waals surface area contributed by atoms with Gasteiger partial charge < -0.3 is 15.8 Å². The largest absolute Gasteiger partial charge is 0.484 e. The fourth-order valence-corrected chi connectivity index (χ4v) is 2.23. The van der Waals surface area contributed by atoms with Crippen molar-refractivity contribution in [2.75, 3.05) is 5.32 Å². The Morgan fingerprint density at radius 2 is 1.71 bits per heavy atom. The Balaban J connectivity index is 0.00000288. The molecule has 0 spiro atoms. The van der Waals surface area contributed by atoms with Gasteiger partial charge in [-0.1, -0.05) is 42.5 Å². The zero-order valence-electron chi connectivity index (χ0n) is 14.1. The van der Waals surface area contributed by atoms with E-state index in [-0.39, 0.29) is 30.5 Å². The van der Waals surface area contributed by atoms with Crippen LogP contribution in [0.5, 0.6) is 5.75 Å². The Kier molecular flexibility index (Phi) is 8.30. The van der Waals surface area contributed by atoms with E-state index in [0.717, 1.165) is 5.56 Å². The lowest BCUT2D eigenvalue weighted by Gasteiger charge is -2.18. The number of anilines is 1. The summed E-state index contributed by atoms with van der Waals surface area (Å²) >= 11 is 0. The monoisotopic (exact) mass is 348 g/mol. The number of hydrogen-bond acceptors (Lipinski definition) is 3. The number of halogens is 1. The van der Waals surface area contributed by atoms with Gasteiger partial charge in [-0.05, 0) is 38.0 Å². The van der Waals surface area contributed by atoms with Crippen molar-refractivity contribution in [2.24, 2.45) is 5.73 Å². The summed E-state index contributed by atoms with van der Waals surface area (Å²) < 4.78 is 6.02. The minimum absolute atomic E-state index is 0. The molecule has 0 aliphatic carbocycles. The zero-order chi connectivity index (χ0) is 16.7. The fraction of sp³-hybridized carbons (Fsp3) is 0.316. The number of carbonyl (C=O) groups is 1. The molecule has 3 N–H and O–H groups in total. The smallest absolute Gasteiger partial charge is 0.224 e. The lowest BCUT2D eigenvalue weighted by Crippen LogP contribution is -2.19. The standard InChI is InChI=1S/C19H24N2O2.ClH/c1-14(20)12-13-19(22)21-17-10-6-7-11-18(17)23-15(2)16-8-4-3-5-9-16;/h3-11,14-15H,12-13,20H2,1-2H3,(H,21,22);1H. The third-order valence-electron chi connectivity index (χ3n) is 3.56. The maximum absolute atomic E-state index is 12.0. The van der Waals surface area contributed by atoms with E-state index in [1.165, 1.54) is 0 Å². The molecule has 2 aromatic carbocycles. The summed E-state index contributed by atoms with van der Waals surface area (Å²) in [5, 5.41) is 2.90. The molecule has 0 aromatic heterocycles. The van der Waals surface area contributed by atoms with Crippen molar-refractivity contribution in [3.8, 4) is 5.75 Å². The predicted molar refractivity (Wildman–Crippen MR) is 101 cm³/mol. The molecule has 0 radical (unpaired) electrons. The van der Waals surface area contributed by atoms with Gasteiger partial charge in [0.1, 0.15) is 11.9 Å². The van der Waals surface area contributed by atoms with E-state index in [0.29, 0.717) is 24.3 Å². The highest BCUT2D eigenvalue weighted by atomic mass is 35.5. The molecule has 4 nitrogen and oxygen atoms in total. The van der Waals surface area contributed by atoms with Crippen molar-refractivity contribution < 1.29 is 9.53 Å². The molecule has 0 saturated heterocycles. The third kappa shape index (κ3) is 6.22. The van der Waals surface area contributed by atoms with E-state index in [4.69, 9.17) is 10.5 Å². The van der Waals surface area contributed by atoms with Crippen molar-refractivity contribution >= 4 is 24.0 Å². The minimum Gasteiger partial charge on any atom is -0.484 e. The second-order valence-corrected chi connectivity index (χ2v) is 5.73. The molecule has 2 aromatic rings. The first-order valence-electron chi connectivity index (χ1n) is 7.92. The van der Waals surface area contributed by atoms with Gasteiger partial charge in [0.05, 0.1) is 5.69 Å². The van der Waals surface area contributed by atoms with E-state index >= 15 is 0 Å². The van der Waals surface area contributed by atoms with Gasteiger partial charge in [0.2, 0.25) is 5.91 Å². The van der Waals surface area contributed by atoms with Crippen LogP contribution in [0.3, 0.4) is 0 Å². The third-order valence-corrected chi connectivity index (χ3v) is 3.56. The van der Waals surface area contributed by atoms with Crippen molar-refractivity contribution in [3.05, 3.63) is 60.2 Å². The van der Waals surface area contributed by atoms with Crippen LogP contribution in [-0.2, 0) is 4.79 Å². The number of benzene rings is 2. The number of amides is 1. The fourth-order valence-electron chi connectivity index (χ4n) is 2.23. The maximum atomic E-state index is 12.0. The predicted octanol–water partition coefficient (Wildman–Crippen LogP) is 4.31. The van der Waals surface area contributed by atoms with Crippen LogP contribution in [0, 0.1) is 0 Å². The summed E-state index contributed by atoms with van der Waals surface area (Å²) in [5.74, 6) is 0.615. The van der Waals surface area contributed by atoms with Crippen molar-refractivity contribution in [2.45, 2.75) is 38.8 Å². The van der Waals surface area contributed by atoms with E-state index in [1.54, 1.807) is 0 Å². The van der Waals surface area contributed by atoms with E-state index in [1.807, 2.05) is 68.4 Å². The van der Waals surface area contributed by atoms with Crippen molar-refractivity contribution in [1.29, 1.82) is 0 Å². The van der Waals surface area contributed by atoms with Crippen LogP contribution in [0.15, 0.2) is 54.6 Å². The first kappa shape index (κ1) is 20.0. The van der Waals surface area contributed by atoms with Crippen LogP contribution >= 0.6 is 12.4 Å². The van der Waals surface area contributed by atoms with Gasteiger partial charge in [0, 0.05) is 12.5 Å². The number of carbonyl (C=O) groups excluding carboxylic acids is 1. The van der Waals surface area contributed by atoms with Gasteiger partial charge in [-0.3, -0.25) is 4.79 Å². The highest BCUT2D eigenvalue weighted by molar-refractivity contribution is 5.92. The molecule has 2 rings (SSSR count). The van der Waals surface area contributed by atoms with Gasteiger partial charge in [0.25, 0.3) is 0 Å². The average molecular weight is 349 g/mol. The van der Waals surface area contributed by atoms with Crippen LogP contribution in [0.1, 0.15) is 38.4 Å². The van der Waals surface area contributed by atoms with Crippen LogP contribution < -0.4 is 15.8 Å². The molecule has 0 aliphatic rings. The number of para-hydroxylation sites is 2. The zero-order valence-corrected chi connectivity index (χ0v) is 14.9. The highest BCUT2D eigenvalue weighted by Gasteiger charge is 2.12. The molecule has 130 valence electrons. The van der Waals surface area contributed by atoms with Crippen molar-refractivity contribution in [1.82, 2.24) is 0 Å². The summed E-state index contributed by atoms with van der Waals surface area (Å²) in [7, 11) is 0. The first-order valence-corrected chi connectivity index (χ1v) is 7.92. The summed E-state index contributed by atoms with van der Waals surface area (Å²) in [6.45, 7) is 3.88. The lowest BCUT2D eigenvalue weighted by atomic mass is 10.1. The molecule has 1 amide bonds. The summed E-state index contributed by atoms with van der Waals surface area (Å²) in [5.41, 5.74) is 7.46. The second-order valence-electron chi connectivity index (χ2n) is 5.73. The second kappa shape index (κ2) is 9.96. The van der Waals surface area contributed by atoms with Crippen LogP contribution in [0.4, 0.5) is 5.69 Å². The summed E-state index contributed by atoms with van der Waals surface area (Å²) in [4.78, 5) is 12.0. The van der Waals surface area contributed by atoms with Gasteiger partial charge in [0.15, 0.2) is 0 Å². The Labute approximate surface area is 149 Å². The normalized spacial score (nSPS) is 12.6. The Morgan fingerprint density at radius 3 is 2.38 bits per heavy atom. The molecule has 0 bridgehead atoms. The van der Waals surface area contributed by atoms with Crippen molar-refractivity contribution in [3.63, 3.8) is 0 Å². The quantitative estimate of drug-likeness (QED) is 0.783. The summed E-state index contributed by atoms with van der Waals surface area (Å²) in [6.07, 6.45) is 0.966. The Morgan fingerprint density at radius 1 is 1.08 bits per heavy atom. The van der Waals surface area contributed by atoms with Gasteiger partial charge in [-0.25, -0.2) is 0 Å². The van der Waals surface area contributed by atoms with Gasteiger partial charge >= 0.3 is 0 Å². The van der Waals surface area contributed by atoms with Crippen LogP contribution in [0.25, 0.3) is 0 Å². The molecule has 0 heterocycles. The molecule has 0 aliphatic heterocycles. The van der Waals surface area contributed by atoms with E-state index in [2.05, 4.69) is 5.32 Å². The Bertz CT molecular complexity index is 632. The SMILES string of the molecule is CC(N)CCC(=O)Nc1ccccc1OC(C)c1ccccc1.Cl. The maximum Gasteiger partial charge on any atom is 0.224 e. The van der Waals surface area contributed by atoms with Gasteiger partial charge in [-0.2, -0.15) is 0 Å². The first-order chi connectivity index (χ1) is 11.1. The Hall–Kier alpha value is -2.04. The van der Waals surface area contributed by atoms with E-state index in [9.17, 15) is 4.79 Å². The highest BCUT2D eigenvalue weighted by Crippen LogP contribution is 2.29. The topological polar surface area (TPSA) is 64.4 Å². The molecule has 2 atom stereocenters. The van der Waals surface area contributed by atoms with E-state index < -0.39 is 0 Å². The lowest BCUT2D eigenvalue weighted by molar-refractivity contribution is -0.116. The number of nitrogens with two attached hydrogens (primary N) is 1. The molecule has 24 heavy (non-hydrogen) atoms. The number of nitrogens with one attached hydrogen (secondary N) is 1. The molecule has 2 unspecified atom stereocenters. The molecular formula is C19H25ClN2O2. The molecule has 0 saturated carbocycles. The average Bonchev–Trinajstić information content (AvgIpc) is 2.55. The molecular weight excluding hydrogens is 324 g/mol.